The topological polar surface area (TPSA) is 85.2 Å². The van der Waals surface area contributed by atoms with Crippen LogP contribution in [0.4, 0.5) is 19.0 Å². The van der Waals surface area contributed by atoms with Gasteiger partial charge < -0.3 is 19.5 Å². The van der Waals surface area contributed by atoms with Crippen molar-refractivity contribution in [2.24, 2.45) is 18.9 Å². The van der Waals surface area contributed by atoms with Crippen molar-refractivity contribution >= 4 is 11.7 Å². The first-order valence-corrected chi connectivity index (χ1v) is 10.3. The number of halogens is 3. The molecule has 1 amide bonds. The van der Waals surface area contributed by atoms with Crippen molar-refractivity contribution in [3.05, 3.63) is 36.3 Å². The first-order valence-electron chi connectivity index (χ1n) is 10.3. The van der Waals surface area contributed by atoms with Crippen LogP contribution < -0.4 is 10.2 Å². The number of piperidine rings is 1. The molecule has 8 nitrogen and oxygen atoms in total. The minimum atomic E-state index is -4.50. The fourth-order valence-corrected chi connectivity index (χ4v) is 4.36. The van der Waals surface area contributed by atoms with E-state index in [1.54, 1.807) is 6.33 Å². The highest BCUT2D eigenvalue weighted by atomic mass is 19.4. The summed E-state index contributed by atoms with van der Waals surface area (Å²) < 4.78 is 46.6. The molecule has 2 aliphatic heterocycles. The summed E-state index contributed by atoms with van der Waals surface area (Å²) in [6.07, 6.45) is 1.61. The molecule has 2 saturated heterocycles. The number of ether oxygens (including phenoxy) is 1. The Morgan fingerprint density at radius 2 is 2.16 bits per heavy atom. The van der Waals surface area contributed by atoms with Crippen LogP contribution in [0.5, 0.6) is 0 Å². The molecule has 3 atom stereocenters. The van der Waals surface area contributed by atoms with E-state index in [4.69, 9.17) is 4.74 Å². The molecule has 0 aromatic carbocycles. The van der Waals surface area contributed by atoms with Crippen molar-refractivity contribution in [1.29, 1.82) is 0 Å². The second-order valence-electron chi connectivity index (χ2n) is 8.12. The summed E-state index contributed by atoms with van der Waals surface area (Å²) in [5, 5.41) is 2.92. The standard InChI is InChI=1S/C20H25F3N6O2/c1-28-9-14(27-12-28)2-4-24-19(30)6-16-15-3-5-29(8-13(15)10-31-16)18-7-17(20(21,22)23)25-11-26-18/h7,9,11-13,15-16H,2-6,8,10H2,1H3,(H,24,30)/t13-,15-,16+/m1/s1. The zero-order chi connectivity index (χ0) is 22.0. The van der Waals surface area contributed by atoms with Gasteiger partial charge in [-0.25, -0.2) is 15.0 Å². The molecule has 0 spiro atoms. The van der Waals surface area contributed by atoms with E-state index < -0.39 is 11.9 Å². The number of imidazole rings is 1. The number of nitrogens with zero attached hydrogens (tertiary/aromatic N) is 5. The van der Waals surface area contributed by atoms with Crippen LogP contribution >= 0.6 is 0 Å². The van der Waals surface area contributed by atoms with E-state index in [0.717, 1.165) is 24.5 Å². The van der Waals surface area contributed by atoms with Gasteiger partial charge in [0, 0.05) is 51.3 Å². The van der Waals surface area contributed by atoms with Crippen molar-refractivity contribution in [2.45, 2.75) is 31.5 Å². The largest absolute Gasteiger partial charge is 0.433 e. The Morgan fingerprint density at radius 3 is 2.90 bits per heavy atom. The number of carbonyl (C=O) groups excluding carboxylic acids is 1. The molecule has 0 bridgehead atoms. The van der Waals surface area contributed by atoms with E-state index in [1.807, 2.05) is 22.7 Å². The van der Waals surface area contributed by atoms with Gasteiger partial charge in [0.25, 0.3) is 0 Å². The summed E-state index contributed by atoms with van der Waals surface area (Å²) in [6.45, 7) is 2.12. The van der Waals surface area contributed by atoms with Crippen molar-refractivity contribution in [2.75, 3.05) is 31.1 Å². The average molecular weight is 438 g/mol. The summed E-state index contributed by atoms with van der Waals surface area (Å²) >= 11 is 0. The maximum Gasteiger partial charge on any atom is 0.433 e. The van der Waals surface area contributed by atoms with E-state index in [2.05, 4.69) is 20.3 Å². The number of amides is 1. The van der Waals surface area contributed by atoms with Crippen LogP contribution in [-0.4, -0.2) is 57.8 Å². The number of aryl methyl sites for hydroxylation is 1. The van der Waals surface area contributed by atoms with Crippen LogP contribution in [0.2, 0.25) is 0 Å². The summed E-state index contributed by atoms with van der Waals surface area (Å²) in [4.78, 5) is 25.8. The number of aromatic nitrogens is 4. The first-order chi connectivity index (χ1) is 14.8. The Labute approximate surface area is 177 Å². The van der Waals surface area contributed by atoms with Crippen LogP contribution in [0.3, 0.4) is 0 Å². The van der Waals surface area contributed by atoms with Crippen LogP contribution in [0.25, 0.3) is 0 Å². The van der Waals surface area contributed by atoms with E-state index in [9.17, 15) is 18.0 Å². The Kier molecular flexibility index (Phi) is 6.12. The molecule has 0 aliphatic carbocycles. The van der Waals surface area contributed by atoms with Gasteiger partial charge >= 0.3 is 6.18 Å². The summed E-state index contributed by atoms with van der Waals surface area (Å²) in [6, 6.07) is 0.989. The number of hydrogen-bond donors (Lipinski definition) is 1. The smallest absolute Gasteiger partial charge is 0.377 e. The molecule has 0 radical (unpaired) electrons. The molecule has 168 valence electrons. The molecule has 2 aliphatic rings. The highest BCUT2D eigenvalue weighted by Gasteiger charge is 2.42. The van der Waals surface area contributed by atoms with Crippen LogP contribution in [0.1, 0.15) is 24.2 Å². The van der Waals surface area contributed by atoms with Gasteiger partial charge in [0.05, 0.1) is 31.2 Å². The summed E-state index contributed by atoms with van der Waals surface area (Å²) in [5.74, 6) is 0.581. The molecular formula is C20H25F3N6O2. The van der Waals surface area contributed by atoms with Gasteiger partial charge in [0.15, 0.2) is 0 Å². The third-order valence-electron chi connectivity index (χ3n) is 5.91. The fraction of sp³-hybridized carbons (Fsp3) is 0.600. The Bertz CT molecular complexity index is 918. The number of rotatable bonds is 6. The highest BCUT2D eigenvalue weighted by molar-refractivity contribution is 5.76. The first kappa shape index (κ1) is 21.5. The molecule has 2 aromatic heterocycles. The number of hydrogen-bond acceptors (Lipinski definition) is 6. The van der Waals surface area contributed by atoms with E-state index >= 15 is 0 Å². The van der Waals surface area contributed by atoms with Gasteiger partial charge in [0.1, 0.15) is 17.8 Å². The lowest BCUT2D eigenvalue weighted by molar-refractivity contribution is -0.141. The minimum absolute atomic E-state index is 0.0605. The number of anilines is 1. The molecule has 4 rings (SSSR count). The third-order valence-corrected chi connectivity index (χ3v) is 5.91. The molecule has 2 aromatic rings. The predicted molar refractivity (Wildman–Crippen MR) is 105 cm³/mol. The lowest BCUT2D eigenvalue weighted by Gasteiger charge is -2.36. The van der Waals surface area contributed by atoms with Crippen LogP contribution in [0, 0.1) is 11.8 Å². The molecule has 31 heavy (non-hydrogen) atoms. The maximum atomic E-state index is 12.9. The van der Waals surface area contributed by atoms with E-state index in [-0.39, 0.29) is 36.1 Å². The average Bonchev–Trinajstić information content (AvgIpc) is 3.33. The van der Waals surface area contributed by atoms with E-state index in [0.29, 0.717) is 32.7 Å². The normalized spacial score (nSPS) is 23.6. The molecule has 11 heteroatoms. The zero-order valence-electron chi connectivity index (χ0n) is 17.2. The second kappa shape index (κ2) is 8.81. The van der Waals surface area contributed by atoms with Gasteiger partial charge in [0.2, 0.25) is 5.91 Å². The van der Waals surface area contributed by atoms with Crippen molar-refractivity contribution < 1.29 is 22.7 Å². The molecule has 4 heterocycles. The van der Waals surface area contributed by atoms with Gasteiger partial charge in [-0.1, -0.05) is 0 Å². The Morgan fingerprint density at radius 1 is 1.32 bits per heavy atom. The maximum absolute atomic E-state index is 12.9. The number of fused-ring (bicyclic) bond motifs is 1. The van der Waals surface area contributed by atoms with E-state index in [1.165, 1.54) is 0 Å². The highest BCUT2D eigenvalue weighted by Crippen LogP contribution is 2.37. The van der Waals surface area contributed by atoms with Gasteiger partial charge in [-0.05, 0) is 12.3 Å². The summed E-state index contributed by atoms with van der Waals surface area (Å²) in [5.41, 5.74) is -0.0201. The zero-order valence-corrected chi connectivity index (χ0v) is 17.2. The second-order valence-corrected chi connectivity index (χ2v) is 8.12. The predicted octanol–water partition coefficient (Wildman–Crippen LogP) is 1.82. The quantitative estimate of drug-likeness (QED) is 0.741. The Balaban J connectivity index is 1.27. The van der Waals surface area contributed by atoms with Crippen molar-refractivity contribution in [3.63, 3.8) is 0 Å². The lowest BCUT2D eigenvalue weighted by atomic mass is 9.83. The van der Waals surface area contributed by atoms with Gasteiger partial charge in [-0.2, -0.15) is 13.2 Å². The summed E-state index contributed by atoms with van der Waals surface area (Å²) in [7, 11) is 1.90. The Hall–Kier alpha value is -2.69. The number of nitrogens with one attached hydrogen (secondary N) is 1. The fourth-order valence-electron chi connectivity index (χ4n) is 4.36. The SMILES string of the molecule is Cn1cnc(CCNC(=O)C[C@@H]2OC[C@H]3CN(c4cc(C(F)(F)F)ncn4)CC[C@H]32)c1. The molecule has 0 saturated carbocycles. The van der Waals surface area contributed by atoms with Crippen molar-refractivity contribution in [3.8, 4) is 0 Å². The number of carbonyl (C=O) groups is 1. The van der Waals surface area contributed by atoms with Gasteiger partial charge in [-0.15, -0.1) is 0 Å². The van der Waals surface area contributed by atoms with Crippen LogP contribution in [-0.2, 0) is 29.2 Å². The third kappa shape index (κ3) is 5.15. The van der Waals surface area contributed by atoms with Crippen molar-refractivity contribution in [1.82, 2.24) is 24.8 Å². The van der Waals surface area contributed by atoms with Crippen LogP contribution in [0.15, 0.2) is 24.9 Å². The van der Waals surface area contributed by atoms with Gasteiger partial charge in [-0.3, -0.25) is 4.79 Å². The minimum Gasteiger partial charge on any atom is -0.377 e. The number of alkyl halides is 3. The molecule has 0 unspecified atom stereocenters. The molecule has 2 fully saturated rings. The lowest BCUT2D eigenvalue weighted by Crippen LogP contribution is -2.43. The molecule has 1 N–H and O–H groups in total. The monoisotopic (exact) mass is 438 g/mol. The molecular weight excluding hydrogens is 413 g/mol.